The number of amides is 2. The van der Waals surface area contributed by atoms with E-state index in [0.717, 1.165) is 40.9 Å². The Kier molecular flexibility index (Phi) is 4.39. The molecular weight excluding hydrogens is 398 g/mol. The van der Waals surface area contributed by atoms with Crippen LogP contribution in [0.3, 0.4) is 0 Å². The zero-order valence-corrected chi connectivity index (χ0v) is 18.0. The lowest BCUT2D eigenvalue weighted by Gasteiger charge is -2.37. The minimum Gasteiger partial charge on any atom is -0.342 e. The van der Waals surface area contributed by atoms with Crippen molar-refractivity contribution in [3.8, 4) is 0 Å². The zero-order chi connectivity index (χ0) is 21.8. The highest BCUT2D eigenvalue weighted by Crippen LogP contribution is 2.49. The predicted molar refractivity (Wildman–Crippen MR) is 124 cm³/mol. The molecule has 3 aromatic rings. The van der Waals surface area contributed by atoms with E-state index >= 15 is 0 Å². The molecule has 0 radical (unpaired) electrons. The van der Waals surface area contributed by atoms with Crippen LogP contribution in [0.2, 0.25) is 0 Å². The molecule has 4 aliphatic rings. The summed E-state index contributed by atoms with van der Waals surface area (Å²) in [7, 11) is 0. The van der Waals surface area contributed by atoms with Gasteiger partial charge in [0.15, 0.2) is 0 Å². The normalized spacial score (nSPS) is 26.6. The van der Waals surface area contributed by atoms with Gasteiger partial charge < -0.3 is 4.57 Å². The third kappa shape index (κ3) is 2.95. The van der Waals surface area contributed by atoms with Gasteiger partial charge in [-0.05, 0) is 43.2 Å². The average Bonchev–Trinajstić information content (AvgIpc) is 3.31. The molecule has 7 rings (SSSR count). The maximum absolute atomic E-state index is 13.1. The number of allylic oxidation sites excluding steroid dienone is 2. The SMILES string of the molecule is Cc1ccc(Cn2cc(/C=N/N3C(=O)C4C5C=CC(CC5)C4C3=O)c3ccccc32)cc1. The van der Waals surface area contributed by atoms with Crippen molar-refractivity contribution in [2.75, 3.05) is 0 Å². The minimum absolute atomic E-state index is 0.140. The van der Waals surface area contributed by atoms with Crippen LogP contribution >= 0.6 is 0 Å². The number of benzene rings is 2. The second kappa shape index (κ2) is 7.30. The molecule has 2 aromatic carbocycles. The van der Waals surface area contributed by atoms with Gasteiger partial charge in [-0.3, -0.25) is 9.59 Å². The summed E-state index contributed by atoms with van der Waals surface area (Å²) in [5, 5.41) is 6.62. The van der Waals surface area contributed by atoms with Crippen LogP contribution in [-0.2, 0) is 16.1 Å². The Bertz CT molecular complexity index is 1250. The van der Waals surface area contributed by atoms with Gasteiger partial charge in [-0.1, -0.05) is 60.2 Å². The van der Waals surface area contributed by atoms with E-state index in [1.165, 1.54) is 11.1 Å². The first-order valence-electron chi connectivity index (χ1n) is 11.3. The fraction of sp³-hybridized carbons (Fsp3) is 0.296. The number of rotatable bonds is 4. The molecule has 160 valence electrons. The van der Waals surface area contributed by atoms with Crippen molar-refractivity contribution in [1.82, 2.24) is 9.58 Å². The van der Waals surface area contributed by atoms with Gasteiger partial charge in [0.2, 0.25) is 0 Å². The number of nitrogens with zero attached hydrogens (tertiary/aromatic N) is 3. The number of para-hydroxylation sites is 1. The molecule has 2 heterocycles. The Morgan fingerprint density at radius 3 is 2.25 bits per heavy atom. The smallest absolute Gasteiger partial charge is 0.254 e. The molecule has 2 amide bonds. The first kappa shape index (κ1) is 19.2. The first-order valence-corrected chi connectivity index (χ1v) is 11.3. The Morgan fingerprint density at radius 2 is 1.59 bits per heavy atom. The van der Waals surface area contributed by atoms with E-state index in [9.17, 15) is 9.59 Å². The summed E-state index contributed by atoms with van der Waals surface area (Å²) in [4.78, 5) is 26.1. The van der Waals surface area contributed by atoms with Gasteiger partial charge in [-0.2, -0.15) is 10.1 Å². The molecule has 0 N–H and O–H groups in total. The highest BCUT2D eigenvalue weighted by molar-refractivity contribution is 6.07. The van der Waals surface area contributed by atoms with E-state index in [1.807, 2.05) is 12.1 Å². The number of aromatic nitrogens is 1. The van der Waals surface area contributed by atoms with Crippen molar-refractivity contribution < 1.29 is 9.59 Å². The van der Waals surface area contributed by atoms with E-state index in [0.29, 0.717) is 0 Å². The van der Waals surface area contributed by atoms with E-state index < -0.39 is 0 Å². The Balaban J connectivity index is 1.32. The standard InChI is InChI=1S/C27H25N3O2/c1-17-6-8-18(9-7-17)15-29-16-21(22-4-2-3-5-23(22)29)14-28-30-26(31)24-19-10-11-20(13-12-19)25(24)27(30)32/h2-11,14,16,19-20,24-25H,12-13,15H2,1H3/b28-14+. The number of imide groups is 1. The number of carbonyl (C=O) groups is 2. The predicted octanol–water partition coefficient (Wildman–Crippen LogP) is 4.53. The number of hydrogen-bond donors (Lipinski definition) is 0. The Morgan fingerprint density at radius 1 is 0.938 bits per heavy atom. The van der Waals surface area contributed by atoms with Crippen LogP contribution in [-0.4, -0.2) is 27.6 Å². The second-order valence-electron chi connectivity index (χ2n) is 9.29. The van der Waals surface area contributed by atoms with Crippen LogP contribution in [0.25, 0.3) is 10.9 Å². The maximum atomic E-state index is 13.1. The number of hydrogen-bond acceptors (Lipinski definition) is 3. The third-order valence-corrected chi connectivity index (χ3v) is 7.34. The van der Waals surface area contributed by atoms with Crippen LogP contribution in [0.5, 0.6) is 0 Å². The fourth-order valence-corrected chi connectivity index (χ4v) is 5.69. The minimum atomic E-state index is -0.230. The summed E-state index contributed by atoms with van der Waals surface area (Å²) in [6.45, 7) is 2.83. The molecule has 0 spiro atoms. The van der Waals surface area contributed by atoms with Gasteiger partial charge in [0, 0.05) is 29.2 Å². The van der Waals surface area contributed by atoms with E-state index in [1.54, 1.807) is 6.21 Å². The molecule has 1 saturated heterocycles. The Labute approximate surface area is 187 Å². The molecule has 4 atom stereocenters. The van der Waals surface area contributed by atoms with Gasteiger partial charge >= 0.3 is 0 Å². The van der Waals surface area contributed by atoms with Crippen molar-refractivity contribution in [3.63, 3.8) is 0 Å². The quantitative estimate of drug-likeness (QED) is 0.352. The number of hydrazone groups is 1. The Hall–Kier alpha value is -3.47. The molecule has 1 saturated carbocycles. The molecule has 1 aliphatic heterocycles. The van der Waals surface area contributed by atoms with Crippen molar-refractivity contribution in [3.05, 3.63) is 83.6 Å². The number of carbonyl (C=O) groups excluding carboxylic acids is 2. The summed E-state index contributed by atoms with van der Waals surface area (Å²) in [5.41, 5.74) is 4.47. The average molecular weight is 424 g/mol. The maximum Gasteiger partial charge on any atom is 0.254 e. The van der Waals surface area contributed by atoms with Gasteiger partial charge in [-0.15, -0.1) is 0 Å². The van der Waals surface area contributed by atoms with Crippen LogP contribution < -0.4 is 0 Å². The zero-order valence-electron chi connectivity index (χ0n) is 18.0. The van der Waals surface area contributed by atoms with E-state index in [2.05, 4.69) is 71.3 Å². The summed E-state index contributed by atoms with van der Waals surface area (Å²) >= 11 is 0. The molecule has 5 nitrogen and oxygen atoms in total. The lowest BCUT2D eigenvalue weighted by molar-refractivity contribution is -0.140. The van der Waals surface area contributed by atoms with Crippen LogP contribution in [0, 0.1) is 30.6 Å². The van der Waals surface area contributed by atoms with Gasteiger partial charge in [0.1, 0.15) is 0 Å². The summed E-state index contributed by atoms with van der Waals surface area (Å²) in [6, 6.07) is 16.7. The molecule has 2 bridgehead atoms. The molecule has 4 unspecified atom stereocenters. The third-order valence-electron chi connectivity index (χ3n) is 7.34. The fourth-order valence-electron chi connectivity index (χ4n) is 5.69. The molecule has 5 heteroatoms. The van der Waals surface area contributed by atoms with Crippen LogP contribution in [0.4, 0.5) is 0 Å². The first-order chi connectivity index (χ1) is 15.6. The summed E-state index contributed by atoms with van der Waals surface area (Å²) < 4.78 is 2.19. The van der Waals surface area contributed by atoms with Crippen molar-refractivity contribution in [2.45, 2.75) is 26.3 Å². The lowest BCUT2D eigenvalue weighted by atomic mass is 9.63. The van der Waals surface area contributed by atoms with Crippen LogP contribution in [0.1, 0.15) is 29.5 Å². The second-order valence-corrected chi connectivity index (χ2v) is 9.29. The topological polar surface area (TPSA) is 54.7 Å². The molecular formula is C27H25N3O2. The summed E-state index contributed by atoms with van der Waals surface area (Å²) in [6.07, 6.45) is 9.98. The van der Waals surface area contributed by atoms with Gasteiger partial charge in [0.05, 0.1) is 18.1 Å². The molecule has 3 aliphatic carbocycles. The van der Waals surface area contributed by atoms with E-state index in [-0.39, 0.29) is 35.5 Å². The van der Waals surface area contributed by atoms with Crippen molar-refractivity contribution in [2.24, 2.45) is 28.8 Å². The summed E-state index contributed by atoms with van der Waals surface area (Å²) in [5.74, 6) is -0.383. The molecule has 1 aromatic heterocycles. The lowest BCUT2D eigenvalue weighted by Crippen LogP contribution is -2.38. The number of aryl methyl sites for hydroxylation is 1. The highest BCUT2D eigenvalue weighted by atomic mass is 16.2. The van der Waals surface area contributed by atoms with Gasteiger partial charge in [0.25, 0.3) is 11.8 Å². The monoisotopic (exact) mass is 423 g/mol. The van der Waals surface area contributed by atoms with Crippen LogP contribution in [0.15, 0.2) is 72.0 Å². The van der Waals surface area contributed by atoms with Crippen molar-refractivity contribution >= 4 is 28.9 Å². The molecule has 2 fully saturated rings. The van der Waals surface area contributed by atoms with Gasteiger partial charge in [-0.25, -0.2) is 0 Å². The number of fused-ring (bicyclic) bond motifs is 2. The van der Waals surface area contributed by atoms with E-state index in [4.69, 9.17) is 0 Å². The molecule has 32 heavy (non-hydrogen) atoms. The highest BCUT2D eigenvalue weighted by Gasteiger charge is 2.56. The largest absolute Gasteiger partial charge is 0.342 e. The van der Waals surface area contributed by atoms with Crippen molar-refractivity contribution in [1.29, 1.82) is 0 Å².